The van der Waals surface area contributed by atoms with Crippen molar-refractivity contribution in [1.82, 2.24) is 14.8 Å². The third-order valence-corrected chi connectivity index (χ3v) is 5.67. The summed E-state index contributed by atoms with van der Waals surface area (Å²) in [5, 5.41) is 1.31. The first-order chi connectivity index (χ1) is 12.6. The Labute approximate surface area is 156 Å². The number of H-pyrrole nitrogens is 1. The van der Waals surface area contributed by atoms with Gasteiger partial charge in [0.05, 0.1) is 0 Å². The smallest absolute Gasteiger partial charge is 0.0456 e. The molecule has 2 aromatic carbocycles. The zero-order valence-electron chi connectivity index (χ0n) is 16.2. The minimum atomic E-state index is 1.02. The molecule has 0 saturated carbocycles. The molecule has 1 aliphatic rings. The maximum absolute atomic E-state index is 3.56. The summed E-state index contributed by atoms with van der Waals surface area (Å²) in [4.78, 5) is 8.73. The summed E-state index contributed by atoms with van der Waals surface area (Å²) in [6, 6.07) is 15.5. The van der Waals surface area contributed by atoms with Crippen molar-refractivity contribution in [3.8, 4) is 0 Å². The van der Waals surface area contributed by atoms with Crippen molar-refractivity contribution in [2.24, 2.45) is 0 Å². The molecular formula is C23H29N3. The number of para-hydroxylation sites is 1. The van der Waals surface area contributed by atoms with Crippen molar-refractivity contribution in [2.45, 2.75) is 33.9 Å². The van der Waals surface area contributed by atoms with Gasteiger partial charge in [-0.1, -0.05) is 35.9 Å². The van der Waals surface area contributed by atoms with Gasteiger partial charge in [-0.2, -0.15) is 0 Å². The third-order valence-electron chi connectivity index (χ3n) is 5.67. The van der Waals surface area contributed by atoms with Gasteiger partial charge >= 0.3 is 0 Å². The lowest BCUT2D eigenvalue weighted by Crippen LogP contribution is -2.45. The predicted molar refractivity (Wildman–Crippen MR) is 110 cm³/mol. The number of benzene rings is 2. The van der Waals surface area contributed by atoms with Crippen LogP contribution in [-0.2, 0) is 13.1 Å². The van der Waals surface area contributed by atoms with E-state index in [0.717, 1.165) is 39.3 Å². The second kappa shape index (κ2) is 7.26. The number of piperazine rings is 1. The van der Waals surface area contributed by atoms with E-state index < -0.39 is 0 Å². The number of rotatable bonds is 4. The van der Waals surface area contributed by atoms with Gasteiger partial charge in [0.2, 0.25) is 0 Å². The van der Waals surface area contributed by atoms with Crippen LogP contribution < -0.4 is 0 Å². The number of aryl methyl sites for hydroxylation is 3. The van der Waals surface area contributed by atoms with Gasteiger partial charge in [-0.05, 0) is 55.0 Å². The Morgan fingerprint density at radius 2 is 1.42 bits per heavy atom. The summed E-state index contributed by atoms with van der Waals surface area (Å²) in [7, 11) is 0. The predicted octanol–water partition coefficient (Wildman–Crippen LogP) is 4.41. The first-order valence-corrected chi connectivity index (χ1v) is 9.66. The Kier molecular flexibility index (Phi) is 4.84. The Morgan fingerprint density at radius 1 is 0.808 bits per heavy atom. The van der Waals surface area contributed by atoms with E-state index in [4.69, 9.17) is 0 Å². The standard InChI is InChI=1S/C23H29N3/c1-17-12-18(2)22(19(3)13-17)16-26-10-8-25(9-11-26)15-21-14-20-6-4-5-7-23(20)24-21/h4-7,12-14,24H,8-11,15-16H2,1-3H3. The Hall–Kier alpha value is -2.10. The van der Waals surface area contributed by atoms with E-state index in [1.807, 2.05) is 0 Å². The summed E-state index contributed by atoms with van der Waals surface area (Å²) < 4.78 is 0. The third kappa shape index (κ3) is 3.69. The monoisotopic (exact) mass is 347 g/mol. The second-order valence-corrected chi connectivity index (χ2v) is 7.81. The van der Waals surface area contributed by atoms with Gasteiger partial charge in [0.25, 0.3) is 0 Å². The molecule has 1 saturated heterocycles. The molecule has 0 atom stereocenters. The van der Waals surface area contributed by atoms with Crippen molar-refractivity contribution >= 4 is 10.9 Å². The van der Waals surface area contributed by atoms with Crippen LogP contribution in [0.2, 0.25) is 0 Å². The average molecular weight is 348 g/mol. The molecule has 0 aliphatic carbocycles. The van der Waals surface area contributed by atoms with Crippen molar-refractivity contribution < 1.29 is 0 Å². The number of hydrogen-bond donors (Lipinski definition) is 1. The molecular weight excluding hydrogens is 318 g/mol. The summed E-state index contributed by atoms with van der Waals surface area (Å²) in [6.07, 6.45) is 0. The molecule has 0 spiro atoms. The molecule has 136 valence electrons. The van der Waals surface area contributed by atoms with E-state index in [1.54, 1.807) is 0 Å². The molecule has 3 heteroatoms. The highest BCUT2D eigenvalue weighted by Crippen LogP contribution is 2.20. The molecule has 3 nitrogen and oxygen atoms in total. The topological polar surface area (TPSA) is 22.3 Å². The van der Waals surface area contributed by atoms with Crippen LogP contribution in [0.25, 0.3) is 10.9 Å². The van der Waals surface area contributed by atoms with Crippen molar-refractivity contribution in [3.63, 3.8) is 0 Å². The number of hydrogen-bond acceptors (Lipinski definition) is 2. The van der Waals surface area contributed by atoms with Gasteiger partial charge in [-0.3, -0.25) is 9.80 Å². The first kappa shape index (κ1) is 17.3. The lowest BCUT2D eigenvalue weighted by Gasteiger charge is -2.35. The number of aromatic nitrogens is 1. The molecule has 0 bridgehead atoms. The summed E-state index contributed by atoms with van der Waals surface area (Å²) in [5.41, 5.74) is 8.31. The summed E-state index contributed by atoms with van der Waals surface area (Å²) >= 11 is 0. The highest BCUT2D eigenvalue weighted by molar-refractivity contribution is 5.80. The maximum Gasteiger partial charge on any atom is 0.0456 e. The van der Waals surface area contributed by atoms with Crippen molar-refractivity contribution in [1.29, 1.82) is 0 Å². The van der Waals surface area contributed by atoms with E-state index in [0.29, 0.717) is 0 Å². The van der Waals surface area contributed by atoms with Crippen molar-refractivity contribution in [3.05, 3.63) is 70.4 Å². The van der Waals surface area contributed by atoms with Crippen molar-refractivity contribution in [2.75, 3.05) is 26.2 Å². The lowest BCUT2D eigenvalue weighted by atomic mass is 9.99. The number of nitrogens with zero attached hydrogens (tertiary/aromatic N) is 2. The van der Waals surface area contributed by atoms with E-state index in [9.17, 15) is 0 Å². The minimum absolute atomic E-state index is 1.02. The fourth-order valence-electron chi connectivity index (χ4n) is 4.25. The van der Waals surface area contributed by atoms with Crippen LogP contribution in [0.5, 0.6) is 0 Å². The minimum Gasteiger partial charge on any atom is -0.357 e. The highest BCUT2D eigenvalue weighted by Gasteiger charge is 2.19. The molecule has 0 radical (unpaired) electrons. The van der Waals surface area contributed by atoms with Gasteiger partial charge in [-0.25, -0.2) is 0 Å². The van der Waals surface area contributed by atoms with E-state index >= 15 is 0 Å². The van der Waals surface area contributed by atoms with Crippen LogP contribution in [0, 0.1) is 20.8 Å². The average Bonchev–Trinajstić information content (AvgIpc) is 3.02. The van der Waals surface area contributed by atoms with E-state index in [2.05, 4.69) is 78.0 Å². The molecule has 3 aromatic rings. The number of fused-ring (bicyclic) bond motifs is 1. The summed E-state index contributed by atoms with van der Waals surface area (Å²) in [5.74, 6) is 0. The normalized spacial score (nSPS) is 16.4. The molecule has 0 amide bonds. The first-order valence-electron chi connectivity index (χ1n) is 9.66. The second-order valence-electron chi connectivity index (χ2n) is 7.81. The maximum atomic E-state index is 3.56. The lowest BCUT2D eigenvalue weighted by molar-refractivity contribution is 0.121. The van der Waals surface area contributed by atoms with Gasteiger partial charge in [0.15, 0.2) is 0 Å². The molecule has 0 unspecified atom stereocenters. The van der Waals surface area contributed by atoms with E-state index in [1.165, 1.54) is 38.9 Å². The SMILES string of the molecule is Cc1cc(C)c(CN2CCN(Cc3cc4ccccc4[nH]3)CC2)c(C)c1. The highest BCUT2D eigenvalue weighted by atomic mass is 15.3. The molecule has 1 aromatic heterocycles. The summed E-state index contributed by atoms with van der Waals surface area (Å²) in [6.45, 7) is 13.4. The van der Waals surface area contributed by atoms with Gasteiger partial charge in [0.1, 0.15) is 0 Å². The van der Waals surface area contributed by atoms with Crippen LogP contribution >= 0.6 is 0 Å². The fourth-order valence-corrected chi connectivity index (χ4v) is 4.25. The molecule has 1 aliphatic heterocycles. The zero-order valence-corrected chi connectivity index (χ0v) is 16.2. The van der Waals surface area contributed by atoms with Gasteiger partial charge < -0.3 is 4.98 Å². The molecule has 1 fully saturated rings. The van der Waals surface area contributed by atoms with Crippen LogP contribution in [0.3, 0.4) is 0 Å². The van der Waals surface area contributed by atoms with Gasteiger partial charge in [0, 0.05) is 50.5 Å². The Bertz CT molecular complexity index is 845. The van der Waals surface area contributed by atoms with Crippen LogP contribution in [0.1, 0.15) is 27.9 Å². The number of aromatic amines is 1. The van der Waals surface area contributed by atoms with Crippen LogP contribution in [-0.4, -0.2) is 41.0 Å². The van der Waals surface area contributed by atoms with Gasteiger partial charge in [-0.15, -0.1) is 0 Å². The quantitative estimate of drug-likeness (QED) is 0.755. The Balaban J connectivity index is 1.35. The largest absolute Gasteiger partial charge is 0.357 e. The molecule has 26 heavy (non-hydrogen) atoms. The molecule has 2 heterocycles. The van der Waals surface area contributed by atoms with E-state index in [-0.39, 0.29) is 0 Å². The Morgan fingerprint density at radius 3 is 2.08 bits per heavy atom. The molecule has 1 N–H and O–H groups in total. The van der Waals surface area contributed by atoms with Crippen LogP contribution in [0.15, 0.2) is 42.5 Å². The zero-order chi connectivity index (χ0) is 18.1. The fraction of sp³-hybridized carbons (Fsp3) is 0.391. The van der Waals surface area contributed by atoms with Crippen LogP contribution in [0.4, 0.5) is 0 Å². The number of nitrogens with one attached hydrogen (secondary N) is 1. The molecule has 4 rings (SSSR count).